The highest BCUT2D eigenvalue weighted by Crippen LogP contribution is 2.39. The zero-order chi connectivity index (χ0) is 17.1. The third kappa shape index (κ3) is 2.78. The maximum atomic E-state index is 14.2. The van der Waals surface area contributed by atoms with Crippen molar-refractivity contribution in [1.29, 1.82) is 0 Å². The van der Waals surface area contributed by atoms with Crippen LogP contribution in [0.15, 0.2) is 10.5 Å². The molecule has 1 aliphatic rings. The van der Waals surface area contributed by atoms with E-state index in [0.717, 1.165) is 0 Å². The average molecular weight is 387 g/mol. The van der Waals surface area contributed by atoms with Crippen molar-refractivity contribution in [3.05, 3.63) is 27.7 Å². The molecule has 0 N–H and O–H groups in total. The van der Waals surface area contributed by atoms with Gasteiger partial charge >= 0.3 is 13.3 Å². The Bertz CT molecular complexity index is 599. The molecule has 1 fully saturated rings. The van der Waals surface area contributed by atoms with Crippen molar-refractivity contribution < 1.29 is 31.3 Å². The van der Waals surface area contributed by atoms with Crippen molar-refractivity contribution in [3.63, 3.8) is 0 Å². The summed E-state index contributed by atoms with van der Waals surface area (Å²) >= 11 is 2.67. The van der Waals surface area contributed by atoms with Crippen molar-refractivity contribution in [3.8, 4) is 0 Å². The first-order valence-electron chi connectivity index (χ1n) is 6.38. The summed E-state index contributed by atoms with van der Waals surface area (Å²) in [5, 5.41) is 0. The lowest BCUT2D eigenvalue weighted by molar-refractivity contribution is -0.139. The molecule has 0 unspecified atom stereocenters. The van der Waals surface area contributed by atoms with Gasteiger partial charge in [0.05, 0.1) is 26.7 Å². The molecule has 0 saturated carbocycles. The van der Waals surface area contributed by atoms with Crippen LogP contribution in [0, 0.1) is 11.6 Å². The fraction of sp³-hybridized carbons (Fsp3) is 0.538. The van der Waals surface area contributed by atoms with Gasteiger partial charge in [0.25, 0.3) is 0 Å². The number of halogens is 6. The van der Waals surface area contributed by atoms with Gasteiger partial charge in [-0.15, -0.1) is 0 Å². The largest absolute Gasteiger partial charge is 0.500 e. The lowest BCUT2D eigenvalue weighted by Crippen LogP contribution is -2.41. The monoisotopic (exact) mass is 386 g/mol. The zero-order valence-corrected chi connectivity index (χ0v) is 13.8. The number of hydrogen-bond donors (Lipinski definition) is 0. The smallest absolute Gasteiger partial charge is 0.399 e. The van der Waals surface area contributed by atoms with E-state index in [0.29, 0.717) is 6.07 Å². The van der Waals surface area contributed by atoms with E-state index in [4.69, 9.17) is 9.31 Å². The molecule has 0 aliphatic carbocycles. The van der Waals surface area contributed by atoms with Crippen molar-refractivity contribution in [2.75, 3.05) is 0 Å². The second-order valence-corrected chi connectivity index (χ2v) is 6.89. The summed E-state index contributed by atoms with van der Waals surface area (Å²) in [5.74, 6) is -2.91. The fourth-order valence-corrected chi connectivity index (χ4v) is 2.44. The molecule has 1 heterocycles. The van der Waals surface area contributed by atoms with E-state index in [1.165, 1.54) is 0 Å². The minimum absolute atomic E-state index is 0.361. The van der Waals surface area contributed by atoms with E-state index in [9.17, 15) is 22.0 Å². The molecule has 122 valence electrons. The molecule has 22 heavy (non-hydrogen) atoms. The van der Waals surface area contributed by atoms with Crippen LogP contribution in [-0.4, -0.2) is 18.3 Å². The molecule has 0 bridgehead atoms. The third-order valence-corrected chi connectivity index (χ3v) is 4.56. The molecule has 0 radical (unpaired) electrons. The summed E-state index contributed by atoms with van der Waals surface area (Å²) in [5.41, 5.74) is -4.33. The number of hydrogen-bond acceptors (Lipinski definition) is 2. The fourth-order valence-electron chi connectivity index (χ4n) is 2.00. The highest BCUT2D eigenvalue weighted by molar-refractivity contribution is 9.10. The van der Waals surface area contributed by atoms with Gasteiger partial charge in [0.2, 0.25) is 0 Å². The summed E-state index contributed by atoms with van der Waals surface area (Å²) in [6.45, 7) is 6.52. The molecule has 0 aromatic heterocycles. The minimum atomic E-state index is -4.96. The van der Waals surface area contributed by atoms with Gasteiger partial charge in [0, 0.05) is 0 Å². The van der Waals surface area contributed by atoms with Gasteiger partial charge in [-0.1, -0.05) is 0 Å². The maximum Gasteiger partial charge on any atom is 0.500 e. The maximum absolute atomic E-state index is 14.2. The lowest BCUT2D eigenvalue weighted by atomic mass is 9.77. The van der Waals surface area contributed by atoms with Gasteiger partial charge in [-0.25, -0.2) is 8.78 Å². The molecule has 2 rings (SSSR count). The van der Waals surface area contributed by atoms with Gasteiger partial charge < -0.3 is 9.31 Å². The van der Waals surface area contributed by atoms with E-state index in [1.54, 1.807) is 27.7 Å². The predicted octanol–water partition coefficient (Wildman–Crippen LogP) is 4.05. The standard InChI is InChI=1S/C13H13BBrF5O2/c1-11(2)12(3,4)22-14(21-11)8-9(16)6(13(18,19)20)5-7(15)10(8)17/h5H,1-4H3. The van der Waals surface area contributed by atoms with Gasteiger partial charge in [0.15, 0.2) is 0 Å². The van der Waals surface area contributed by atoms with Crippen molar-refractivity contribution in [2.24, 2.45) is 0 Å². The second-order valence-electron chi connectivity index (χ2n) is 6.03. The van der Waals surface area contributed by atoms with E-state index < -0.39 is 51.6 Å². The highest BCUT2D eigenvalue weighted by Gasteiger charge is 2.54. The topological polar surface area (TPSA) is 18.5 Å². The Labute approximate surface area is 133 Å². The molecule has 0 spiro atoms. The van der Waals surface area contributed by atoms with Crippen LogP contribution in [0.1, 0.15) is 33.3 Å². The average Bonchev–Trinajstić information content (AvgIpc) is 2.51. The molecule has 0 amide bonds. The normalized spacial score (nSPS) is 20.5. The zero-order valence-electron chi connectivity index (χ0n) is 12.2. The molecule has 2 nitrogen and oxygen atoms in total. The van der Waals surface area contributed by atoms with Gasteiger partial charge in [-0.05, 0) is 49.7 Å². The van der Waals surface area contributed by atoms with Crippen LogP contribution in [0.2, 0.25) is 0 Å². The summed E-state index contributed by atoms with van der Waals surface area (Å²) in [6.07, 6.45) is -4.96. The first kappa shape index (κ1) is 17.7. The Balaban J connectivity index is 2.60. The molecule has 1 saturated heterocycles. The van der Waals surface area contributed by atoms with Crippen LogP contribution >= 0.6 is 15.9 Å². The summed E-state index contributed by atoms with van der Waals surface area (Å²) < 4.78 is 77.4. The van der Waals surface area contributed by atoms with Gasteiger partial charge in [0.1, 0.15) is 11.6 Å². The van der Waals surface area contributed by atoms with Crippen LogP contribution in [0.5, 0.6) is 0 Å². The predicted molar refractivity (Wildman–Crippen MR) is 74.8 cm³/mol. The Hall–Kier alpha value is -0.665. The number of alkyl halides is 3. The van der Waals surface area contributed by atoms with Crippen molar-refractivity contribution in [2.45, 2.75) is 45.1 Å². The van der Waals surface area contributed by atoms with E-state index in [2.05, 4.69) is 15.9 Å². The Kier molecular flexibility index (Phi) is 4.16. The highest BCUT2D eigenvalue weighted by atomic mass is 79.9. The van der Waals surface area contributed by atoms with Gasteiger partial charge in [-0.3, -0.25) is 0 Å². The Morgan fingerprint density at radius 3 is 1.86 bits per heavy atom. The summed E-state index contributed by atoms with van der Waals surface area (Å²) in [7, 11) is -1.57. The van der Waals surface area contributed by atoms with Crippen LogP contribution < -0.4 is 5.46 Å². The summed E-state index contributed by atoms with van der Waals surface area (Å²) in [4.78, 5) is 0. The minimum Gasteiger partial charge on any atom is -0.399 e. The van der Waals surface area contributed by atoms with Crippen molar-refractivity contribution >= 4 is 28.5 Å². The number of benzene rings is 1. The molecule has 9 heteroatoms. The van der Waals surface area contributed by atoms with Crippen LogP contribution in [0.25, 0.3) is 0 Å². The lowest BCUT2D eigenvalue weighted by Gasteiger charge is -2.32. The van der Waals surface area contributed by atoms with Crippen molar-refractivity contribution in [1.82, 2.24) is 0 Å². The molecule has 0 atom stereocenters. The van der Waals surface area contributed by atoms with E-state index in [1.807, 2.05) is 0 Å². The van der Waals surface area contributed by atoms with Crippen LogP contribution in [0.3, 0.4) is 0 Å². The molecule has 1 aliphatic heterocycles. The molecular formula is C13H13BBrF5O2. The van der Waals surface area contributed by atoms with E-state index in [-0.39, 0.29) is 0 Å². The Morgan fingerprint density at radius 2 is 1.45 bits per heavy atom. The second kappa shape index (κ2) is 5.17. The van der Waals surface area contributed by atoms with Gasteiger partial charge in [-0.2, -0.15) is 13.2 Å². The SMILES string of the molecule is CC1(C)OB(c2c(F)c(Br)cc(C(F)(F)F)c2F)OC1(C)C. The first-order valence-corrected chi connectivity index (χ1v) is 7.17. The van der Waals surface area contributed by atoms with Crippen LogP contribution in [-0.2, 0) is 15.5 Å². The Morgan fingerprint density at radius 1 is 1.00 bits per heavy atom. The van der Waals surface area contributed by atoms with Crippen LogP contribution in [0.4, 0.5) is 22.0 Å². The molecule has 1 aromatic rings. The number of rotatable bonds is 1. The summed E-state index contributed by atoms with van der Waals surface area (Å²) in [6, 6.07) is 0.361. The van der Waals surface area contributed by atoms with E-state index >= 15 is 0 Å². The third-order valence-electron chi connectivity index (χ3n) is 3.98. The molecular weight excluding hydrogens is 374 g/mol. The quantitative estimate of drug-likeness (QED) is 0.412. The first-order chi connectivity index (χ1) is 9.78. The molecule has 1 aromatic carbocycles.